The molecule has 2 fully saturated rings. The van der Waals surface area contributed by atoms with Crippen molar-refractivity contribution < 1.29 is 32.3 Å². The maximum Gasteiger partial charge on any atom is 0.270 e. The van der Waals surface area contributed by atoms with Crippen LogP contribution < -0.4 is 37.7 Å². The van der Waals surface area contributed by atoms with Gasteiger partial charge in [0.2, 0.25) is 5.91 Å². The van der Waals surface area contributed by atoms with Crippen molar-refractivity contribution in [3.05, 3.63) is 88.0 Å². The number of halogens is 1. The second-order valence-electron chi connectivity index (χ2n) is 17.2. The van der Waals surface area contributed by atoms with E-state index in [-0.39, 0.29) is 23.1 Å². The highest BCUT2D eigenvalue weighted by molar-refractivity contribution is 7.95. The Hall–Kier alpha value is -5.23. The number of piperidine rings is 2. The molecule has 16 nitrogen and oxygen atoms in total. The number of hydrogen-bond donors (Lipinski definition) is 6. The molecular formula is C50H78ClN9O7S. The summed E-state index contributed by atoms with van der Waals surface area (Å²) in [6.07, 6.45) is 16.5. The number of likely N-dealkylation sites (tertiary alicyclic amines) is 2. The zero-order chi connectivity index (χ0) is 50.6. The molecule has 0 radical (unpaired) electrons. The maximum atomic E-state index is 12.7. The lowest BCUT2D eigenvalue weighted by atomic mass is 9.85. The number of nitrogens with zero attached hydrogens (tertiary/aromatic N) is 3. The van der Waals surface area contributed by atoms with E-state index in [1.807, 2.05) is 27.6 Å². The molecule has 378 valence electrons. The van der Waals surface area contributed by atoms with Gasteiger partial charge < -0.3 is 41.4 Å². The Morgan fingerprint density at radius 2 is 1.66 bits per heavy atom. The van der Waals surface area contributed by atoms with E-state index in [0.29, 0.717) is 60.1 Å². The number of aldehydes is 1. The molecule has 2 aromatic carbocycles. The van der Waals surface area contributed by atoms with Crippen molar-refractivity contribution in [3.8, 4) is 5.75 Å². The number of carbonyl (C=O) groups excluding carboxylic acids is 4. The first-order chi connectivity index (χ1) is 32.6. The van der Waals surface area contributed by atoms with Crippen LogP contribution in [0.25, 0.3) is 0 Å². The van der Waals surface area contributed by atoms with Crippen LogP contribution in [0.1, 0.15) is 130 Å². The molecular weight excluding hydrogens is 906 g/mol. The summed E-state index contributed by atoms with van der Waals surface area (Å²) in [5, 5.41) is 6.10. The number of guanidine groups is 1. The van der Waals surface area contributed by atoms with Gasteiger partial charge in [-0.1, -0.05) is 31.6 Å². The van der Waals surface area contributed by atoms with Crippen molar-refractivity contribution in [3.63, 3.8) is 0 Å². The normalized spacial score (nSPS) is 15.7. The van der Waals surface area contributed by atoms with Gasteiger partial charge in [0.25, 0.3) is 5.91 Å². The van der Waals surface area contributed by atoms with Crippen LogP contribution in [0, 0.1) is 6.92 Å². The van der Waals surface area contributed by atoms with E-state index in [2.05, 4.69) is 55.3 Å². The van der Waals surface area contributed by atoms with Crippen molar-refractivity contribution in [2.75, 3.05) is 62.8 Å². The second kappa shape index (κ2) is 31.7. The third-order valence-electron chi connectivity index (χ3n) is 11.7. The number of aryl methyl sites for hydroxylation is 1. The van der Waals surface area contributed by atoms with Crippen LogP contribution in [0.15, 0.2) is 70.7 Å². The summed E-state index contributed by atoms with van der Waals surface area (Å²) in [7, 11) is -1.55. The van der Waals surface area contributed by atoms with E-state index in [1.54, 1.807) is 63.4 Å². The van der Waals surface area contributed by atoms with Gasteiger partial charge in [-0.3, -0.25) is 30.2 Å². The van der Waals surface area contributed by atoms with E-state index in [4.69, 9.17) is 32.6 Å². The number of alkyl halides is 1. The Kier molecular flexibility index (Phi) is 27.5. The van der Waals surface area contributed by atoms with Crippen molar-refractivity contribution in [1.29, 1.82) is 0 Å². The Morgan fingerprint density at radius 3 is 2.25 bits per heavy atom. The number of unbranched alkanes of at least 4 members (excludes halogenated alkanes) is 1. The number of ether oxygens (including phenoxy) is 1. The first-order valence-corrected chi connectivity index (χ1v) is 25.7. The second-order valence-corrected chi connectivity index (χ2v) is 20.1. The Balaban J connectivity index is 0.000000747. The number of nitrogens with one attached hydrogen (secondary N) is 4. The minimum absolute atomic E-state index is 0.0550. The van der Waals surface area contributed by atoms with Gasteiger partial charge in [0.1, 0.15) is 12.5 Å². The fraction of sp³-hybridized carbons (Fsp3) is 0.540. The molecule has 2 amide bonds. The predicted molar refractivity (Wildman–Crippen MR) is 278 cm³/mol. The van der Waals surface area contributed by atoms with E-state index >= 15 is 0 Å². The average Bonchev–Trinajstić information content (AvgIpc) is 3.33. The minimum Gasteiger partial charge on any atom is -0.489 e. The molecule has 0 atom stereocenters. The van der Waals surface area contributed by atoms with Crippen LogP contribution in [-0.2, 0) is 19.4 Å². The molecule has 2 aromatic rings. The molecule has 2 saturated heterocycles. The van der Waals surface area contributed by atoms with Gasteiger partial charge in [-0.15, -0.1) is 11.6 Å². The summed E-state index contributed by atoms with van der Waals surface area (Å²) in [6.45, 7) is 19.6. The molecule has 0 aliphatic carbocycles. The molecule has 68 heavy (non-hydrogen) atoms. The minimum atomic E-state index is -3.22. The summed E-state index contributed by atoms with van der Waals surface area (Å²) < 4.78 is 29.9. The average molecular weight is 985 g/mol. The number of aliphatic imine (C=N–C) groups is 1. The highest BCUT2D eigenvalue weighted by Gasteiger charge is 2.30. The fourth-order valence-electron chi connectivity index (χ4n) is 8.04. The highest BCUT2D eigenvalue weighted by Crippen LogP contribution is 2.38. The molecule has 0 aromatic heterocycles. The molecule has 0 unspecified atom stereocenters. The van der Waals surface area contributed by atoms with Crippen LogP contribution in [0.4, 0.5) is 11.4 Å². The molecule has 2 heterocycles. The van der Waals surface area contributed by atoms with Gasteiger partial charge in [-0.25, -0.2) is 8.42 Å². The van der Waals surface area contributed by atoms with Crippen LogP contribution in [-0.4, -0.2) is 119 Å². The lowest BCUT2D eigenvalue weighted by Crippen LogP contribution is -2.47. The lowest BCUT2D eigenvalue weighted by molar-refractivity contribution is -0.122. The first-order valence-electron chi connectivity index (χ1n) is 23.6. The van der Waals surface area contributed by atoms with E-state index in [1.165, 1.54) is 30.2 Å². The number of hydrogen-bond acceptors (Lipinski definition) is 12. The van der Waals surface area contributed by atoms with Crippen LogP contribution in [0.3, 0.4) is 0 Å². The maximum absolute atomic E-state index is 12.7. The third-order valence-corrected chi connectivity index (χ3v) is 14.2. The largest absolute Gasteiger partial charge is 0.489 e. The zero-order valence-electron chi connectivity index (χ0n) is 41.3. The summed E-state index contributed by atoms with van der Waals surface area (Å²) >= 11 is 5.58. The molecule has 0 bridgehead atoms. The number of allylic oxidation sites excluding steroid dienone is 5. The molecule has 2 aliphatic rings. The Labute approximate surface area is 410 Å². The monoisotopic (exact) mass is 984 g/mol. The highest BCUT2D eigenvalue weighted by atomic mass is 35.5. The number of hydrazine groups is 1. The van der Waals surface area contributed by atoms with Crippen molar-refractivity contribution in [2.45, 2.75) is 123 Å². The van der Waals surface area contributed by atoms with Crippen molar-refractivity contribution >= 4 is 63.7 Å². The zero-order valence-corrected chi connectivity index (χ0v) is 42.9. The Bertz CT molecular complexity index is 2110. The summed E-state index contributed by atoms with van der Waals surface area (Å²) in [5.74, 6) is 1.22. The summed E-state index contributed by atoms with van der Waals surface area (Å²) in [4.78, 5) is 54.1. The fourth-order valence-corrected chi connectivity index (χ4v) is 9.62. The van der Waals surface area contributed by atoms with Gasteiger partial charge in [0, 0.05) is 42.5 Å². The number of anilines is 2. The van der Waals surface area contributed by atoms with Gasteiger partial charge in [0.15, 0.2) is 22.1 Å². The topological polar surface area (TPSA) is 231 Å². The molecule has 2 aliphatic heterocycles. The first kappa shape index (κ1) is 58.9. The predicted octanol–water partition coefficient (Wildman–Crippen LogP) is 7.21. The van der Waals surface area contributed by atoms with E-state index < -0.39 is 21.0 Å². The number of carbonyl (C=O) groups is 4. The van der Waals surface area contributed by atoms with Crippen molar-refractivity contribution in [1.82, 2.24) is 20.7 Å². The number of amides is 2. The van der Waals surface area contributed by atoms with Crippen LogP contribution in [0.5, 0.6) is 5.75 Å². The SMILES string of the molecule is C=O.CC(C)S(=O)(=O)/C(=C/C=C\C=C\N)CCCl.CCCCC(=O)NNC(=O)c1cccc(NCCCN2CCC(N3CCC(c4cc(OC(C)C)c(NC(N)=NC)cc4C)CC3)CC2)c1C=O. The van der Waals surface area contributed by atoms with Crippen LogP contribution in [0.2, 0.25) is 0 Å². The van der Waals surface area contributed by atoms with Crippen LogP contribution >= 0.6 is 11.6 Å². The molecule has 0 saturated carbocycles. The summed E-state index contributed by atoms with van der Waals surface area (Å²) in [5.41, 5.74) is 20.6. The summed E-state index contributed by atoms with van der Waals surface area (Å²) in [6, 6.07) is 10.1. The smallest absolute Gasteiger partial charge is 0.270 e. The van der Waals surface area contributed by atoms with Gasteiger partial charge in [-0.2, -0.15) is 0 Å². The number of nitrogens with two attached hydrogens (primary N) is 2. The third kappa shape index (κ3) is 19.4. The quantitative estimate of drug-likeness (QED) is 0.0138. The van der Waals surface area contributed by atoms with E-state index in [9.17, 15) is 22.8 Å². The number of sulfone groups is 1. The van der Waals surface area contributed by atoms with Crippen molar-refractivity contribution in [2.24, 2.45) is 16.5 Å². The lowest BCUT2D eigenvalue weighted by Gasteiger charge is -2.42. The van der Waals surface area contributed by atoms with Gasteiger partial charge in [-0.05, 0) is 172 Å². The van der Waals surface area contributed by atoms with Gasteiger partial charge >= 0.3 is 0 Å². The molecule has 0 spiro atoms. The molecule has 4 rings (SSSR count). The standard InChI is InChI=1S/C38H58N8O4.C11H18ClNO2S.CH2O/c1-6-7-12-36(48)43-44-37(49)30-10-8-11-33(32(30)25-47)41-17-9-18-45-19-15-29(16-20-45)46-21-13-28(14-22-46)31-24-35(50-26(2)3)34(23-27(31)4)42-38(39)40-5;1-10(2)16(14,15)11(7-8-12)6-4-3-5-9-13;1-2/h8,10-11,23-26,28-29,41H,6-7,9,12-22H2,1-5H3,(H,43,48)(H,44,49)(H3,39,40,42);3-6,9-10H,7-8,13H2,1-2H3;1H2/b;4-3-,9-5+,11-6+;. The number of rotatable bonds is 21. The molecule has 18 heteroatoms. The molecule has 8 N–H and O–H groups in total. The van der Waals surface area contributed by atoms with Gasteiger partial charge in [0.05, 0.1) is 28.2 Å². The number of benzene rings is 2. The van der Waals surface area contributed by atoms with E-state index in [0.717, 1.165) is 76.3 Å². The Morgan fingerprint density at radius 1 is 0.971 bits per heavy atom.